The van der Waals surface area contributed by atoms with Crippen molar-refractivity contribution in [2.45, 2.75) is 18.7 Å². The zero-order valence-corrected chi connectivity index (χ0v) is 10.4. The predicted octanol–water partition coefficient (Wildman–Crippen LogP) is 1.74. The van der Waals surface area contributed by atoms with E-state index in [1.54, 1.807) is 6.92 Å². The van der Waals surface area contributed by atoms with Crippen LogP contribution in [0.3, 0.4) is 0 Å². The van der Waals surface area contributed by atoms with Crippen LogP contribution in [0.15, 0.2) is 18.2 Å². The van der Waals surface area contributed by atoms with Gasteiger partial charge in [-0.15, -0.1) is 0 Å². The first-order valence-corrected chi connectivity index (χ1v) is 6.90. The van der Waals surface area contributed by atoms with Crippen molar-refractivity contribution < 1.29 is 12.8 Å². The Balaban J connectivity index is 2.93. The van der Waals surface area contributed by atoms with Gasteiger partial charge in [-0.2, -0.15) is 0 Å². The molecule has 1 aromatic carbocycles. The van der Waals surface area contributed by atoms with Crippen LogP contribution in [0, 0.1) is 5.82 Å². The summed E-state index contributed by atoms with van der Waals surface area (Å²) in [6.45, 7) is 1.59. The van der Waals surface area contributed by atoms with Gasteiger partial charge < -0.3 is 5.73 Å². The molecule has 1 unspecified atom stereocenters. The van der Waals surface area contributed by atoms with E-state index >= 15 is 0 Å². The van der Waals surface area contributed by atoms with Gasteiger partial charge in [0.25, 0.3) is 0 Å². The molecule has 6 heteroatoms. The van der Waals surface area contributed by atoms with Crippen molar-refractivity contribution >= 4 is 21.4 Å². The fourth-order valence-corrected chi connectivity index (χ4v) is 3.17. The van der Waals surface area contributed by atoms with Gasteiger partial charge in [-0.3, -0.25) is 0 Å². The van der Waals surface area contributed by atoms with E-state index in [-0.39, 0.29) is 22.1 Å². The first kappa shape index (κ1) is 13.4. The monoisotopic (exact) mass is 265 g/mol. The fraction of sp³-hybridized carbons (Fsp3) is 0.400. The first-order valence-electron chi connectivity index (χ1n) is 4.71. The van der Waals surface area contributed by atoms with Crippen LogP contribution in [-0.4, -0.2) is 20.2 Å². The summed E-state index contributed by atoms with van der Waals surface area (Å²) in [7, 11) is -3.40. The molecule has 3 nitrogen and oxygen atoms in total. The average Bonchev–Trinajstić information content (AvgIpc) is 2.10. The predicted molar refractivity (Wildman–Crippen MR) is 62.6 cm³/mol. The molecule has 0 fully saturated rings. The summed E-state index contributed by atoms with van der Waals surface area (Å²) in [5.74, 6) is -1.22. The Kier molecular flexibility index (Phi) is 4.29. The highest BCUT2D eigenvalue weighted by atomic mass is 35.5. The van der Waals surface area contributed by atoms with Crippen molar-refractivity contribution in [2.75, 3.05) is 5.75 Å². The molecule has 2 N–H and O–H groups in total. The zero-order valence-electron chi connectivity index (χ0n) is 8.78. The summed E-state index contributed by atoms with van der Waals surface area (Å²) in [6, 6.07) is 3.83. The van der Waals surface area contributed by atoms with Gasteiger partial charge in [-0.1, -0.05) is 23.7 Å². The van der Waals surface area contributed by atoms with Crippen molar-refractivity contribution in [2.24, 2.45) is 5.73 Å². The quantitative estimate of drug-likeness (QED) is 0.902. The normalized spacial score (nSPS) is 13.8. The topological polar surface area (TPSA) is 60.2 Å². The van der Waals surface area contributed by atoms with E-state index in [0.717, 1.165) is 0 Å². The second-order valence-electron chi connectivity index (χ2n) is 3.74. The minimum Gasteiger partial charge on any atom is -0.327 e. The molecule has 0 aliphatic heterocycles. The molecule has 1 aromatic rings. The fourth-order valence-electron chi connectivity index (χ4n) is 1.36. The standard InChI is InChI=1S/C10H13ClFNO2S/c1-7(13)5-16(14,15)6-8-3-2-4-9(11)10(8)12/h2-4,7H,5-6,13H2,1H3. The maximum absolute atomic E-state index is 13.4. The van der Waals surface area contributed by atoms with Gasteiger partial charge in [-0.25, -0.2) is 12.8 Å². The van der Waals surface area contributed by atoms with E-state index in [0.29, 0.717) is 0 Å². The summed E-state index contributed by atoms with van der Waals surface area (Å²) >= 11 is 5.55. The van der Waals surface area contributed by atoms with Crippen LogP contribution in [0.4, 0.5) is 4.39 Å². The first-order chi connectivity index (χ1) is 7.32. The summed E-state index contributed by atoms with van der Waals surface area (Å²) < 4.78 is 36.6. The largest absolute Gasteiger partial charge is 0.327 e. The van der Waals surface area contributed by atoms with Crippen LogP contribution in [-0.2, 0) is 15.6 Å². The Morgan fingerprint density at radius 1 is 1.50 bits per heavy atom. The van der Waals surface area contributed by atoms with Gasteiger partial charge in [0.2, 0.25) is 0 Å². The van der Waals surface area contributed by atoms with Crippen molar-refractivity contribution in [1.29, 1.82) is 0 Å². The number of halogens is 2. The lowest BCUT2D eigenvalue weighted by molar-refractivity contribution is 0.582. The molecular weight excluding hydrogens is 253 g/mol. The highest BCUT2D eigenvalue weighted by Crippen LogP contribution is 2.19. The molecule has 0 aliphatic rings. The van der Waals surface area contributed by atoms with Gasteiger partial charge in [0.15, 0.2) is 9.84 Å². The van der Waals surface area contributed by atoms with Gasteiger partial charge in [0.05, 0.1) is 16.5 Å². The lowest BCUT2D eigenvalue weighted by atomic mass is 10.2. The Hall–Kier alpha value is -0.650. The summed E-state index contributed by atoms with van der Waals surface area (Å²) in [4.78, 5) is 0. The Labute approximate surface area is 99.3 Å². The van der Waals surface area contributed by atoms with E-state index in [1.165, 1.54) is 18.2 Å². The van der Waals surface area contributed by atoms with Crippen molar-refractivity contribution in [1.82, 2.24) is 0 Å². The SMILES string of the molecule is CC(N)CS(=O)(=O)Cc1cccc(Cl)c1F. The third kappa shape index (κ3) is 3.73. The number of hydrogen-bond donors (Lipinski definition) is 1. The summed E-state index contributed by atoms with van der Waals surface area (Å²) in [6.07, 6.45) is 0. The highest BCUT2D eigenvalue weighted by Gasteiger charge is 2.17. The van der Waals surface area contributed by atoms with E-state index in [4.69, 9.17) is 17.3 Å². The molecular formula is C10H13ClFNO2S. The average molecular weight is 266 g/mol. The number of rotatable bonds is 4. The molecule has 0 aromatic heterocycles. The van der Waals surface area contributed by atoms with Crippen molar-refractivity contribution in [3.05, 3.63) is 34.6 Å². The molecule has 1 atom stereocenters. The van der Waals surface area contributed by atoms with Crippen LogP contribution >= 0.6 is 11.6 Å². The third-order valence-electron chi connectivity index (χ3n) is 1.92. The highest BCUT2D eigenvalue weighted by molar-refractivity contribution is 7.90. The van der Waals surface area contributed by atoms with Gasteiger partial charge in [-0.05, 0) is 13.0 Å². The van der Waals surface area contributed by atoms with E-state index < -0.39 is 21.7 Å². The maximum Gasteiger partial charge on any atom is 0.156 e. The molecule has 0 amide bonds. The van der Waals surface area contributed by atoms with E-state index in [9.17, 15) is 12.8 Å². The smallest absolute Gasteiger partial charge is 0.156 e. The van der Waals surface area contributed by atoms with Gasteiger partial charge in [0, 0.05) is 11.6 Å². The molecule has 0 heterocycles. The Morgan fingerprint density at radius 3 is 2.69 bits per heavy atom. The van der Waals surface area contributed by atoms with Crippen LogP contribution < -0.4 is 5.73 Å². The van der Waals surface area contributed by atoms with Crippen molar-refractivity contribution in [3.8, 4) is 0 Å². The molecule has 90 valence electrons. The minimum absolute atomic E-state index is 0.0755. The van der Waals surface area contributed by atoms with Crippen LogP contribution in [0.25, 0.3) is 0 Å². The lowest BCUT2D eigenvalue weighted by Crippen LogP contribution is -2.27. The van der Waals surface area contributed by atoms with E-state index in [2.05, 4.69) is 0 Å². The summed E-state index contributed by atoms with van der Waals surface area (Å²) in [5, 5.41) is -0.0755. The molecule has 0 bridgehead atoms. The molecule has 1 rings (SSSR count). The third-order valence-corrected chi connectivity index (χ3v) is 4.00. The van der Waals surface area contributed by atoms with E-state index in [1.807, 2.05) is 0 Å². The number of sulfone groups is 1. The Bertz CT molecular complexity index is 474. The molecule has 0 aliphatic carbocycles. The molecule has 0 saturated heterocycles. The molecule has 16 heavy (non-hydrogen) atoms. The zero-order chi connectivity index (χ0) is 12.3. The molecule has 0 radical (unpaired) electrons. The number of nitrogens with two attached hydrogens (primary N) is 1. The van der Waals surface area contributed by atoms with Gasteiger partial charge in [0.1, 0.15) is 5.82 Å². The van der Waals surface area contributed by atoms with Crippen LogP contribution in [0.5, 0.6) is 0 Å². The van der Waals surface area contributed by atoms with Crippen molar-refractivity contribution in [3.63, 3.8) is 0 Å². The second-order valence-corrected chi connectivity index (χ2v) is 6.26. The molecule has 0 saturated carbocycles. The Morgan fingerprint density at radius 2 is 2.12 bits per heavy atom. The number of hydrogen-bond acceptors (Lipinski definition) is 3. The minimum atomic E-state index is -3.40. The van der Waals surface area contributed by atoms with Crippen LogP contribution in [0.1, 0.15) is 12.5 Å². The molecule has 0 spiro atoms. The summed E-state index contributed by atoms with van der Waals surface area (Å²) in [5.41, 5.74) is 5.48. The second kappa shape index (κ2) is 5.12. The van der Waals surface area contributed by atoms with Crippen LogP contribution in [0.2, 0.25) is 5.02 Å². The lowest BCUT2D eigenvalue weighted by Gasteiger charge is -2.08. The van der Waals surface area contributed by atoms with Gasteiger partial charge >= 0.3 is 0 Å². The number of benzene rings is 1. The maximum atomic E-state index is 13.4.